The van der Waals surface area contributed by atoms with E-state index in [0.717, 1.165) is 31.2 Å². The van der Waals surface area contributed by atoms with Gasteiger partial charge in [-0.1, -0.05) is 25.0 Å². The summed E-state index contributed by atoms with van der Waals surface area (Å²) in [5.41, 5.74) is 1.33. The second kappa shape index (κ2) is 7.58. The summed E-state index contributed by atoms with van der Waals surface area (Å²) in [4.78, 5) is 12.1. The molecular weight excluding hydrogens is 283 g/mol. The SMILES string of the molecule is Cc1ccc(C(C)NC(=O)NC2CCCCC2CO)cc1F. The van der Waals surface area contributed by atoms with E-state index in [-0.39, 0.29) is 36.5 Å². The minimum Gasteiger partial charge on any atom is -0.396 e. The molecule has 0 radical (unpaired) electrons. The first-order valence-electron chi connectivity index (χ1n) is 7.95. The van der Waals surface area contributed by atoms with Gasteiger partial charge in [-0.15, -0.1) is 0 Å². The van der Waals surface area contributed by atoms with Gasteiger partial charge in [0.15, 0.2) is 0 Å². The molecule has 3 unspecified atom stereocenters. The van der Waals surface area contributed by atoms with Gasteiger partial charge in [0.2, 0.25) is 0 Å². The molecule has 3 atom stereocenters. The van der Waals surface area contributed by atoms with Gasteiger partial charge in [-0.25, -0.2) is 9.18 Å². The van der Waals surface area contributed by atoms with Gasteiger partial charge < -0.3 is 15.7 Å². The Balaban J connectivity index is 1.91. The molecule has 122 valence electrons. The van der Waals surface area contributed by atoms with Gasteiger partial charge in [0.1, 0.15) is 5.82 Å². The molecule has 3 N–H and O–H groups in total. The number of nitrogens with one attached hydrogen (secondary N) is 2. The molecule has 22 heavy (non-hydrogen) atoms. The summed E-state index contributed by atoms with van der Waals surface area (Å²) in [5, 5.41) is 15.2. The van der Waals surface area contributed by atoms with E-state index in [1.54, 1.807) is 13.0 Å². The van der Waals surface area contributed by atoms with Crippen molar-refractivity contribution in [2.24, 2.45) is 5.92 Å². The van der Waals surface area contributed by atoms with Crippen LogP contribution < -0.4 is 10.6 Å². The summed E-state index contributed by atoms with van der Waals surface area (Å²) in [6.45, 7) is 3.64. The van der Waals surface area contributed by atoms with Crippen LogP contribution in [0.4, 0.5) is 9.18 Å². The summed E-state index contributed by atoms with van der Waals surface area (Å²) >= 11 is 0. The maximum atomic E-state index is 13.6. The van der Waals surface area contributed by atoms with Crippen molar-refractivity contribution in [1.82, 2.24) is 10.6 Å². The molecule has 0 spiro atoms. The van der Waals surface area contributed by atoms with Crippen molar-refractivity contribution in [2.75, 3.05) is 6.61 Å². The van der Waals surface area contributed by atoms with E-state index in [2.05, 4.69) is 10.6 Å². The highest BCUT2D eigenvalue weighted by Crippen LogP contribution is 2.24. The van der Waals surface area contributed by atoms with Crippen LogP contribution in [0.15, 0.2) is 18.2 Å². The zero-order valence-electron chi connectivity index (χ0n) is 13.2. The van der Waals surface area contributed by atoms with Crippen LogP contribution in [0, 0.1) is 18.7 Å². The first-order chi connectivity index (χ1) is 10.5. The number of hydrogen-bond acceptors (Lipinski definition) is 2. The number of halogens is 1. The molecule has 2 rings (SSSR count). The highest BCUT2D eigenvalue weighted by Gasteiger charge is 2.26. The van der Waals surface area contributed by atoms with Crippen LogP contribution in [0.5, 0.6) is 0 Å². The zero-order chi connectivity index (χ0) is 16.1. The fraction of sp³-hybridized carbons (Fsp3) is 0.588. The Morgan fingerprint density at radius 1 is 1.41 bits per heavy atom. The number of urea groups is 1. The molecule has 0 aliphatic heterocycles. The van der Waals surface area contributed by atoms with Crippen LogP contribution in [0.1, 0.15) is 49.8 Å². The molecule has 1 fully saturated rings. The molecule has 2 amide bonds. The van der Waals surface area contributed by atoms with E-state index in [1.165, 1.54) is 6.07 Å². The number of hydrogen-bond donors (Lipinski definition) is 3. The number of aliphatic hydroxyl groups excluding tert-OH is 1. The van der Waals surface area contributed by atoms with Crippen LogP contribution in [0.25, 0.3) is 0 Å². The monoisotopic (exact) mass is 308 g/mol. The van der Waals surface area contributed by atoms with Gasteiger partial charge >= 0.3 is 6.03 Å². The molecular formula is C17H25FN2O2. The van der Waals surface area contributed by atoms with E-state index in [4.69, 9.17) is 0 Å². The van der Waals surface area contributed by atoms with Gasteiger partial charge in [0.05, 0.1) is 6.04 Å². The van der Waals surface area contributed by atoms with E-state index >= 15 is 0 Å². The molecule has 1 aromatic carbocycles. The molecule has 0 saturated heterocycles. The van der Waals surface area contributed by atoms with Crippen molar-refractivity contribution < 1.29 is 14.3 Å². The lowest BCUT2D eigenvalue weighted by atomic mass is 9.85. The highest BCUT2D eigenvalue weighted by atomic mass is 19.1. The summed E-state index contributed by atoms with van der Waals surface area (Å²) in [7, 11) is 0. The maximum absolute atomic E-state index is 13.6. The van der Waals surface area contributed by atoms with E-state index < -0.39 is 0 Å². The topological polar surface area (TPSA) is 61.4 Å². The Kier molecular flexibility index (Phi) is 5.77. The second-order valence-electron chi connectivity index (χ2n) is 6.18. The number of benzene rings is 1. The lowest BCUT2D eigenvalue weighted by Crippen LogP contribution is -2.48. The van der Waals surface area contributed by atoms with Crippen LogP contribution in [-0.2, 0) is 0 Å². The van der Waals surface area contributed by atoms with Crippen LogP contribution in [-0.4, -0.2) is 23.8 Å². The number of amides is 2. The molecule has 1 aliphatic rings. The average molecular weight is 308 g/mol. The predicted octanol–water partition coefficient (Wildman–Crippen LogP) is 3.05. The third-order valence-corrected chi connectivity index (χ3v) is 4.50. The molecule has 1 saturated carbocycles. The Bertz CT molecular complexity index is 521. The lowest BCUT2D eigenvalue weighted by molar-refractivity contribution is 0.153. The second-order valence-corrected chi connectivity index (χ2v) is 6.18. The molecule has 1 aromatic rings. The van der Waals surface area contributed by atoms with Crippen molar-refractivity contribution in [3.63, 3.8) is 0 Å². The predicted molar refractivity (Wildman–Crippen MR) is 84.1 cm³/mol. The Labute approximate surface area is 131 Å². The first kappa shape index (κ1) is 16.7. The maximum Gasteiger partial charge on any atom is 0.315 e. The van der Waals surface area contributed by atoms with Crippen molar-refractivity contribution in [3.05, 3.63) is 35.1 Å². The average Bonchev–Trinajstić information content (AvgIpc) is 2.50. The van der Waals surface area contributed by atoms with Gasteiger partial charge in [-0.2, -0.15) is 0 Å². The van der Waals surface area contributed by atoms with Gasteiger partial charge in [-0.05, 0) is 43.9 Å². The standard InChI is InChI=1S/C17H25FN2O2/c1-11-7-8-13(9-15(11)18)12(2)19-17(22)20-16-6-4-3-5-14(16)10-21/h7-9,12,14,16,21H,3-6,10H2,1-2H3,(H2,19,20,22). The summed E-state index contributed by atoms with van der Waals surface area (Å²) in [5.74, 6) is -0.134. The molecule has 0 heterocycles. The van der Waals surface area contributed by atoms with Crippen molar-refractivity contribution in [2.45, 2.75) is 51.6 Å². The summed E-state index contributed by atoms with van der Waals surface area (Å²) in [6, 6.07) is 4.47. The van der Waals surface area contributed by atoms with Gasteiger partial charge in [0.25, 0.3) is 0 Å². The van der Waals surface area contributed by atoms with E-state index in [9.17, 15) is 14.3 Å². The number of carbonyl (C=O) groups is 1. The molecule has 1 aliphatic carbocycles. The minimum absolute atomic E-state index is 0.0145. The van der Waals surface area contributed by atoms with Gasteiger partial charge in [0, 0.05) is 18.6 Å². The fourth-order valence-electron chi connectivity index (χ4n) is 2.98. The summed E-state index contributed by atoms with van der Waals surface area (Å²) in [6.07, 6.45) is 4.01. The number of rotatable bonds is 4. The molecule has 0 aromatic heterocycles. The van der Waals surface area contributed by atoms with Crippen LogP contribution >= 0.6 is 0 Å². The summed E-state index contributed by atoms with van der Waals surface area (Å²) < 4.78 is 13.6. The van der Waals surface area contributed by atoms with Crippen molar-refractivity contribution in [3.8, 4) is 0 Å². The smallest absolute Gasteiger partial charge is 0.315 e. The van der Waals surface area contributed by atoms with Crippen LogP contribution in [0.3, 0.4) is 0 Å². The minimum atomic E-state index is -0.272. The fourth-order valence-corrected chi connectivity index (χ4v) is 2.98. The van der Waals surface area contributed by atoms with Crippen molar-refractivity contribution in [1.29, 1.82) is 0 Å². The van der Waals surface area contributed by atoms with E-state index in [0.29, 0.717) is 5.56 Å². The first-order valence-corrected chi connectivity index (χ1v) is 7.95. The van der Waals surface area contributed by atoms with E-state index in [1.807, 2.05) is 13.0 Å². The third-order valence-electron chi connectivity index (χ3n) is 4.50. The normalized spacial score (nSPS) is 22.9. The quantitative estimate of drug-likeness (QED) is 0.800. The van der Waals surface area contributed by atoms with Gasteiger partial charge in [-0.3, -0.25) is 0 Å². The highest BCUT2D eigenvalue weighted by molar-refractivity contribution is 5.74. The molecule has 5 heteroatoms. The lowest BCUT2D eigenvalue weighted by Gasteiger charge is -2.31. The van der Waals surface area contributed by atoms with Crippen LogP contribution in [0.2, 0.25) is 0 Å². The Hall–Kier alpha value is -1.62. The Morgan fingerprint density at radius 3 is 2.82 bits per heavy atom. The number of aryl methyl sites for hydroxylation is 1. The number of aliphatic hydroxyl groups is 1. The molecule has 4 nitrogen and oxygen atoms in total. The number of carbonyl (C=O) groups excluding carboxylic acids is 1. The van der Waals surface area contributed by atoms with Crippen molar-refractivity contribution >= 4 is 6.03 Å². The largest absolute Gasteiger partial charge is 0.396 e. The molecule has 0 bridgehead atoms. The zero-order valence-corrected chi connectivity index (χ0v) is 13.2. The third kappa shape index (κ3) is 4.19. The Morgan fingerprint density at radius 2 is 2.14 bits per heavy atom.